The third kappa shape index (κ3) is 9.02. The van der Waals surface area contributed by atoms with Gasteiger partial charge in [-0.3, -0.25) is 0 Å². The SMILES string of the molecule is CCCCC(CCCC)C(C)(Cc1ccccc1)[C](C(C)C)C(CCc1ccccc1)(Cc1ccccc1)C(C)c1ccccc1. The molecule has 0 aliphatic heterocycles. The van der Waals surface area contributed by atoms with Crippen molar-refractivity contribution in [3.63, 3.8) is 0 Å². The van der Waals surface area contributed by atoms with E-state index in [-0.39, 0.29) is 10.8 Å². The molecule has 0 saturated carbocycles. The minimum absolute atomic E-state index is 0.0348. The topological polar surface area (TPSA) is 0 Å². The summed E-state index contributed by atoms with van der Waals surface area (Å²) < 4.78 is 0. The van der Waals surface area contributed by atoms with Gasteiger partial charge in [-0.15, -0.1) is 0 Å². The summed E-state index contributed by atoms with van der Waals surface area (Å²) in [7, 11) is 0. The molecule has 0 amide bonds. The Morgan fingerprint density at radius 2 is 1.00 bits per heavy atom. The highest BCUT2D eigenvalue weighted by Crippen LogP contribution is 2.62. The average molecular weight is 614 g/mol. The maximum absolute atomic E-state index is 2.70. The van der Waals surface area contributed by atoms with Gasteiger partial charge in [0.1, 0.15) is 0 Å². The van der Waals surface area contributed by atoms with Crippen molar-refractivity contribution >= 4 is 0 Å². The third-order valence-electron chi connectivity index (χ3n) is 11.1. The number of rotatable bonds is 19. The quantitative estimate of drug-likeness (QED) is 0.0987. The van der Waals surface area contributed by atoms with Crippen LogP contribution in [0.1, 0.15) is 115 Å². The minimum atomic E-state index is -0.0348. The zero-order valence-corrected chi connectivity index (χ0v) is 29.9. The Labute approximate surface area is 283 Å². The zero-order chi connectivity index (χ0) is 32.8. The van der Waals surface area contributed by atoms with Gasteiger partial charge in [0.05, 0.1) is 0 Å². The molecule has 3 unspecified atom stereocenters. The lowest BCUT2D eigenvalue weighted by molar-refractivity contribution is 0.0587. The van der Waals surface area contributed by atoms with Crippen molar-refractivity contribution in [3.8, 4) is 0 Å². The van der Waals surface area contributed by atoms with Crippen molar-refractivity contribution in [2.75, 3.05) is 0 Å². The average Bonchev–Trinajstić information content (AvgIpc) is 3.08. The van der Waals surface area contributed by atoms with Crippen LogP contribution in [0.3, 0.4) is 0 Å². The monoisotopic (exact) mass is 613 g/mol. The maximum Gasteiger partial charge on any atom is -0.00793 e. The molecule has 4 aromatic rings. The molecule has 245 valence electrons. The number of hydrogen-bond donors (Lipinski definition) is 0. The Balaban J connectivity index is 2.00. The lowest BCUT2D eigenvalue weighted by atomic mass is 9.46. The molecule has 0 bridgehead atoms. The van der Waals surface area contributed by atoms with E-state index in [0.717, 1.165) is 25.7 Å². The lowest BCUT2D eigenvalue weighted by Gasteiger charge is -2.58. The first-order valence-corrected chi connectivity index (χ1v) is 18.4. The maximum atomic E-state index is 2.70. The Kier molecular flexibility index (Phi) is 13.7. The van der Waals surface area contributed by atoms with Crippen molar-refractivity contribution in [2.24, 2.45) is 22.7 Å². The van der Waals surface area contributed by atoms with Crippen molar-refractivity contribution in [2.45, 2.75) is 112 Å². The molecular weight excluding hydrogens is 553 g/mol. The fourth-order valence-corrected chi connectivity index (χ4v) is 8.92. The van der Waals surface area contributed by atoms with Gasteiger partial charge < -0.3 is 0 Å². The van der Waals surface area contributed by atoms with Crippen molar-refractivity contribution in [1.82, 2.24) is 0 Å². The highest BCUT2D eigenvalue weighted by atomic mass is 14.6. The normalized spacial score (nSPS) is 15.2. The van der Waals surface area contributed by atoms with Crippen LogP contribution in [0.25, 0.3) is 0 Å². The predicted molar refractivity (Wildman–Crippen MR) is 201 cm³/mol. The molecule has 0 aliphatic rings. The van der Waals surface area contributed by atoms with Crippen LogP contribution < -0.4 is 0 Å². The molecule has 0 heterocycles. The first kappa shape index (κ1) is 35.7. The summed E-state index contributed by atoms with van der Waals surface area (Å²) in [6, 6.07) is 45.6. The summed E-state index contributed by atoms with van der Waals surface area (Å²) in [6.07, 6.45) is 12.1. The van der Waals surface area contributed by atoms with Crippen LogP contribution in [-0.2, 0) is 19.3 Å². The summed E-state index contributed by atoms with van der Waals surface area (Å²) in [6.45, 7) is 15.0. The molecule has 0 aromatic heterocycles. The first-order valence-electron chi connectivity index (χ1n) is 18.4. The van der Waals surface area contributed by atoms with Crippen molar-refractivity contribution in [1.29, 1.82) is 0 Å². The van der Waals surface area contributed by atoms with Crippen LogP contribution in [0.15, 0.2) is 121 Å². The van der Waals surface area contributed by atoms with E-state index < -0.39 is 0 Å². The van der Waals surface area contributed by atoms with Gasteiger partial charge in [0, 0.05) is 0 Å². The van der Waals surface area contributed by atoms with E-state index in [9.17, 15) is 0 Å². The van der Waals surface area contributed by atoms with E-state index in [1.165, 1.54) is 60.8 Å². The number of unbranched alkanes of at least 4 members (excludes halogenated alkanes) is 2. The van der Waals surface area contributed by atoms with Gasteiger partial charge in [0.2, 0.25) is 0 Å². The summed E-state index contributed by atoms with van der Waals surface area (Å²) in [4.78, 5) is 0. The van der Waals surface area contributed by atoms with Crippen molar-refractivity contribution < 1.29 is 0 Å². The van der Waals surface area contributed by atoms with Gasteiger partial charge in [0.15, 0.2) is 0 Å². The summed E-state index contributed by atoms with van der Waals surface area (Å²) in [5.41, 5.74) is 5.86. The lowest BCUT2D eigenvalue weighted by Crippen LogP contribution is -2.51. The summed E-state index contributed by atoms with van der Waals surface area (Å²) in [5, 5.41) is 0. The van der Waals surface area contributed by atoms with Crippen LogP contribution in [0.5, 0.6) is 0 Å². The molecule has 0 aliphatic carbocycles. The minimum Gasteiger partial charge on any atom is -0.0654 e. The molecule has 0 heteroatoms. The first-order chi connectivity index (χ1) is 22.3. The van der Waals surface area contributed by atoms with E-state index >= 15 is 0 Å². The van der Waals surface area contributed by atoms with Crippen LogP contribution in [0.4, 0.5) is 0 Å². The van der Waals surface area contributed by atoms with E-state index in [2.05, 4.69) is 163 Å². The smallest absolute Gasteiger partial charge is 0.00793 e. The number of hydrogen-bond acceptors (Lipinski definition) is 0. The van der Waals surface area contributed by atoms with E-state index in [1.54, 1.807) is 5.92 Å². The molecule has 4 aromatic carbocycles. The van der Waals surface area contributed by atoms with Gasteiger partial charge in [-0.25, -0.2) is 0 Å². The van der Waals surface area contributed by atoms with Gasteiger partial charge >= 0.3 is 0 Å². The zero-order valence-electron chi connectivity index (χ0n) is 29.9. The predicted octanol–water partition coefficient (Wildman–Crippen LogP) is 13.1. The Bertz CT molecular complexity index is 1350. The van der Waals surface area contributed by atoms with E-state index in [4.69, 9.17) is 0 Å². The molecule has 46 heavy (non-hydrogen) atoms. The molecule has 1 radical (unpaired) electrons. The second kappa shape index (κ2) is 17.7. The summed E-state index contributed by atoms with van der Waals surface area (Å²) >= 11 is 0. The van der Waals surface area contributed by atoms with Gasteiger partial charge in [-0.2, -0.15) is 0 Å². The molecule has 0 spiro atoms. The Hall–Kier alpha value is -3.12. The number of benzene rings is 4. The molecule has 0 fully saturated rings. The van der Waals surface area contributed by atoms with Crippen LogP contribution >= 0.6 is 0 Å². The second-order valence-corrected chi connectivity index (χ2v) is 14.6. The fraction of sp³-hybridized carbons (Fsp3) is 0.457. The highest BCUT2D eigenvalue weighted by Gasteiger charge is 2.55. The molecule has 0 nitrogen and oxygen atoms in total. The molecular formula is C46H61. The largest absolute Gasteiger partial charge is 0.0654 e. The molecule has 0 N–H and O–H groups in total. The summed E-state index contributed by atoms with van der Waals surface area (Å²) in [5.74, 6) is 3.25. The Morgan fingerprint density at radius 1 is 0.565 bits per heavy atom. The van der Waals surface area contributed by atoms with E-state index in [1.807, 2.05) is 0 Å². The molecule has 4 rings (SSSR count). The van der Waals surface area contributed by atoms with Crippen LogP contribution in [0, 0.1) is 28.6 Å². The number of aryl methyl sites for hydroxylation is 1. The van der Waals surface area contributed by atoms with Crippen LogP contribution in [0.2, 0.25) is 0 Å². The van der Waals surface area contributed by atoms with Crippen LogP contribution in [-0.4, -0.2) is 0 Å². The third-order valence-corrected chi connectivity index (χ3v) is 11.1. The van der Waals surface area contributed by atoms with Crippen molar-refractivity contribution in [3.05, 3.63) is 149 Å². The second-order valence-electron chi connectivity index (χ2n) is 14.6. The Morgan fingerprint density at radius 3 is 1.46 bits per heavy atom. The van der Waals surface area contributed by atoms with Gasteiger partial charge in [-0.05, 0) is 95.3 Å². The highest BCUT2D eigenvalue weighted by molar-refractivity contribution is 5.35. The molecule has 0 saturated heterocycles. The fourth-order valence-electron chi connectivity index (χ4n) is 8.92. The standard InChI is InChI=1S/C46H61/c1-7-9-31-43(32-10-8-2)45(6,35-40-25-17-12-18-26-40)44(37(3)4)46(36-41-27-19-13-20-28-41,34-33-39-23-15-11-16-24-39)38(5)42-29-21-14-22-30-42/h11-30,37-38,43H,7-10,31-36H2,1-6H3. The molecule has 3 atom stereocenters. The van der Waals surface area contributed by atoms with Gasteiger partial charge in [0.25, 0.3) is 0 Å². The van der Waals surface area contributed by atoms with E-state index in [0.29, 0.717) is 17.8 Å². The van der Waals surface area contributed by atoms with Gasteiger partial charge in [-0.1, -0.05) is 189 Å².